The lowest BCUT2D eigenvalue weighted by Crippen LogP contribution is -2.16. The van der Waals surface area contributed by atoms with Crippen molar-refractivity contribution in [3.05, 3.63) is 314 Å². The Labute approximate surface area is 654 Å². The van der Waals surface area contributed by atoms with E-state index in [-0.39, 0.29) is 0 Å². The number of rotatable bonds is 2. The van der Waals surface area contributed by atoms with Crippen molar-refractivity contribution < 1.29 is 4.42 Å². The maximum atomic E-state index is 7.52. The van der Waals surface area contributed by atoms with Crippen LogP contribution >= 0.6 is 0 Å². The van der Waals surface area contributed by atoms with Gasteiger partial charge >= 0.3 is 0 Å². The van der Waals surface area contributed by atoms with E-state index in [1.807, 2.05) is 0 Å². The number of aromatic nitrogens is 6. The summed E-state index contributed by atoms with van der Waals surface area (Å²) in [5.74, 6) is 0. The molecule has 1 aliphatic rings. The number of fused-ring (bicyclic) bond motifs is 47. The van der Waals surface area contributed by atoms with Crippen LogP contribution in [-0.4, -0.2) is 26.4 Å². The smallest absolute Gasteiger partial charge is 0.145 e. The maximum absolute atomic E-state index is 7.52. The van der Waals surface area contributed by atoms with Gasteiger partial charge in [-0.05, 0) is 171 Å². The van der Waals surface area contributed by atoms with Crippen LogP contribution in [0.1, 0.15) is 25.0 Å². The minimum absolute atomic E-state index is 0.420. The van der Waals surface area contributed by atoms with E-state index in [9.17, 15) is 0 Å². The van der Waals surface area contributed by atoms with Crippen molar-refractivity contribution in [2.75, 3.05) is 0 Å². The predicted molar refractivity (Wildman–Crippen MR) is 488 cm³/mol. The van der Waals surface area contributed by atoms with Crippen molar-refractivity contribution in [2.45, 2.75) is 19.3 Å². The highest BCUT2D eigenvalue weighted by Gasteiger charge is 2.42. The number of hydrogen-bond donors (Lipinski definition) is 0. The Balaban J connectivity index is 0.583. The zero-order chi connectivity index (χ0) is 74.4. The highest BCUT2D eigenvalue weighted by molar-refractivity contribution is 6.37. The summed E-state index contributed by atoms with van der Waals surface area (Å²) in [5.41, 5.74) is 34.1. The second-order valence-electron chi connectivity index (χ2n) is 34.4. The minimum atomic E-state index is -0.420. The Morgan fingerprint density at radius 1 is 0.190 bits per heavy atom. The van der Waals surface area contributed by atoms with Crippen LogP contribution in [0.2, 0.25) is 0 Å². The van der Waals surface area contributed by atoms with Crippen LogP contribution in [0.25, 0.3) is 295 Å². The lowest BCUT2D eigenvalue weighted by molar-refractivity contribution is 0.673. The lowest BCUT2D eigenvalue weighted by atomic mass is 9.78. The molecule has 13 aromatic heterocycles. The zero-order valence-corrected chi connectivity index (χ0v) is 62.5. The maximum Gasteiger partial charge on any atom is 0.145 e. The molecule has 1 aliphatic carbocycles. The Morgan fingerprint density at radius 3 is 1.10 bits per heavy atom. The van der Waals surface area contributed by atoms with E-state index in [0.717, 1.165) is 32.8 Å². The Hall–Kier alpha value is -15.2. The molecule has 0 spiro atoms. The van der Waals surface area contributed by atoms with Gasteiger partial charge in [0.1, 0.15) is 11.2 Å². The van der Waals surface area contributed by atoms with Crippen molar-refractivity contribution >= 4 is 261 Å². The second kappa shape index (κ2) is 18.8. The molecule has 116 heavy (non-hydrogen) atoms. The van der Waals surface area contributed by atoms with Gasteiger partial charge < -0.3 is 30.8 Å². The number of hydrogen-bond acceptors (Lipinski definition) is 1. The molecule has 0 saturated heterocycles. The molecule has 0 aliphatic heterocycles. The van der Waals surface area contributed by atoms with Gasteiger partial charge in [0.25, 0.3) is 0 Å². The summed E-state index contributed by atoms with van der Waals surface area (Å²) in [6, 6.07) is 117. The molecule has 31 aromatic rings. The van der Waals surface area contributed by atoms with E-state index in [1.54, 1.807) is 0 Å². The van der Waals surface area contributed by atoms with Gasteiger partial charge in [-0.1, -0.05) is 202 Å². The molecule has 0 bridgehead atoms. The molecule has 0 atom stereocenters. The molecule has 7 nitrogen and oxygen atoms in total. The monoisotopic (exact) mass is 1460 g/mol. The summed E-state index contributed by atoms with van der Waals surface area (Å²) >= 11 is 0. The Morgan fingerprint density at radius 2 is 0.526 bits per heavy atom. The fourth-order valence-corrected chi connectivity index (χ4v) is 24.7. The third kappa shape index (κ3) is 6.16. The third-order valence-corrected chi connectivity index (χ3v) is 29.0. The van der Waals surface area contributed by atoms with Gasteiger partial charge in [-0.2, -0.15) is 0 Å². The largest absolute Gasteiger partial charge is 0.455 e. The van der Waals surface area contributed by atoms with E-state index >= 15 is 0 Å². The van der Waals surface area contributed by atoms with Crippen molar-refractivity contribution in [1.29, 1.82) is 0 Å². The van der Waals surface area contributed by atoms with Gasteiger partial charge in [0.15, 0.2) is 0 Å². The fourth-order valence-electron chi connectivity index (χ4n) is 24.7. The first-order chi connectivity index (χ1) is 57.3. The van der Waals surface area contributed by atoms with E-state index in [1.165, 1.54) is 273 Å². The Bertz CT molecular complexity index is 10200. The van der Waals surface area contributed by atoms with Crippen molar-refractivity contribution in [3.63, 3.8) is 0 Å². The Kier molecular flexibility index (Phi) is 9.36. The highest BCUT2D eigenvalue weighted by Crippen LogP contribution is 2.60. The molecule has 0 amide bonds. The molecule has 13 heterocycles. The van der Waals surface area contributed by atoms with Crippen LogP contribution < -0.4 is 0 Å². The average molecular weight is 1470 g/mol. The molecular formula is C109H56N6O. The topological polar surface area (TPSA) is 39.6 Å². The molecule has 0 unspecified atom stereocenters. The first-order valence-electron chi connectivity index (χ1n) is 40.7. The highest BCUT2D eigenvalue weighted by atomic mass is 16.3. The first-order valence-corrected chi connectivity index (χ1v) is 40.7. The average Bonchev–Trinajstić information content (AvgIpc) is 1.50. The van der Waals surface area contributed by atoms with E-state index in [4.69, 9.17) is 4.42 Å². The number of para-hydroxylation sites is 8. The minimum Gasteiger partial charge on any atom is -0.455 e. The normalized spacial score (nSPS) is 14.0. The van der Waals surface area contributed by atoms with Gasteiger partial charge in [-0.15, -0.1) is 0 Å². The van der Waals surface area contributed by atoms with Gasteiger partial charge in [0.2, 0.25) is 0 Å². The quantitative estimate of drug-likeness (QED) is 0.170. The van der Waals surface area contributed by atoms with Crippen molar-refractivity contribution in [3.8, 4) is 33.4 Å². The van der Waals surface area contributed by atoms with Crippen LogP contribution in [0.3, 0.4) is 0 Å². The van der Waals surface area contributed by atoms with Crippen molar-refractivity contribution in [1.82, 2.24) is 26.4 Å². The van der Waals surface area contributed by atoms with Gasteiger partial charge in [0, 0.05) is 135 Å². The number of furan rings is 1. The van der Waals surface area contributed by atoms with E-state index < -0.39 is 5.41 Å². The molecule has 0 saturated carbocycles. The van der Waals surface area contributed by atoms with E-state index in [2.05, 4.69) is 344 Å². The lowest BCUT2D eigenvalue weighted by Gasteiger charge is -2.24. The van der Waals surface area contributed by atoms with Gasteiger partial charge in [-0.25, -0.2) is 0 Å². The summed E-state index contributed by atoms with van der Waals surface area (Å²) in [5, 5.41) is 35.3. The number of nitrogens with zero attached hydrogens (tertiary/aromatic N) is 6. The van der Waals surface area contributed by atoms with Crippen LogP contribution in [0.5, 0.6) is 0 Å². The van der Waals surface area contributed by atoms with Gasteiger partial charge in [0.05, 0.1) is 110 Å². The molecular weight excluding hydrogens is 1410 g/mol. The molecule has 32 rings (SSSR count). The standard InChI is InChI=1S/C109H56N6O/c1-109(2)99-64(65-37-42-90-98(100(65)109)97-58(34-35-72-61-17-5-8-28-83(61)112(90)106(72)97)54-32-40-86-77(45-54)69-22-12-24-71-79-47-56-51-92-78(46-57(56)52-93(79)114(86)102(69)71)70-23-11-19-66-59-15-4-9-29-84(59)113(92)101(66)70)36-41-87-94(99)75-25-13-21-68-63-33-31-53(50-91(63)115(87)103(68)75)55-48-80-62-18-6-10-30-85(62)111-89-44-39-74-73-38-43-88-95(107(73)116-108(74)96(89)81(49-55)105(80)111)76-26-14-20-67-60-16-3-7-27-82(60)110(88)104(67)76/h3-52H,1-2H3. The number of benzene rings is 18. The van der Waals surface area contributed by atoms with E-state index in [0.29, 0.717) is 0 Å². The van der Waals surface area contributed by atoms with Crippen LogP contribution in [-0.2, 0) is 5.41 Å². The molecule has 18 aromatic carbocycles. The summed E-state index contributed by atoms with van der Waals surface area (Å²) in [6.45, 7) is 5.06. The van der Waals surface area contributed by atoms with Gasteiger partial charge in [-0.3, -0.25) is 0 Å². The summed E-state index contributed by atoms with van der Waals surface area (Å²) < 4.78 is 22.8. The molecule has 0 fully saturated rings. The SMILES string of the molecule is CC1(C)c2c(ccc3c2c2cccc4c5ccc(-c6cc7c8ccccc8n8c9ccc%10c%11ccc%12c(c%13cccc%14c%15ccccc%15n%12c%14%13)c%11oc%10c9c(c6)c78)cc5n3c42)-c2ccc3c(c21)c1c(-c2ccc4c(c2)c2cccc5c6cc7cc8c(cc7cc6n4c25)c2cccc4c5ccccc5n8c42)ccc2c4ccccc4n3c21. The molecule has 7 heteroatoms. The second-order valence-corrected chi connectivity index (χ2v) is 34.4. The molecule has 0 N–H and O–H groups in total. The van der Waals surface area contributed by atoms with Crippen molar-refractivity contribution in [2.24, 2.45) is 0 Å². The third-order valence-electron chi connectivity index (χ3n) is 29.0. The first kappa shape index (κ1) is 57.8. The summed E-state index contributed by atoms with van der Waals surface area (Å²) in [4.78, 5) is 0. The predicted octanol–water partition coefficient (Wildman–Crippen LogP) is 29.3. The molecule has 528 valence electrons. The van der Waals surface area contributed by atoms with Crippen LogP contribution in [0.4, 0.5) is 0 Å². The van der Waals surface area contributed by atoms with Crippen LogP contribution in [0.15, 0.2) is 308 Å². The van der Waals surface area contributed by atoms with Crippen LogP contribution in [0, 0.1) is 0 Å². The zero-order valence-electron chi connectivity index (χ0n) is 62.5. The summed E-state index contributed by atoms with van der Waals surface area (Å²) in [6.07, 6.45) is 0. The summed E-state index contributed by atoms with van der Waals surface area (Å²) in [7, 11) is 0. The molecule has 0 radical (unpaired) electrons. The fraction of sp³-hybridized carbons (Fsp3) is 0.0275.